The van der Waals surface area contributed by atoms with Gasteiger partial charge in [-0.05, 0) is 84.3 Å². The molecule has 1 aromatic heterocycles. The Kier molecular flexibility index (Phi) is 5.30. The Morgan fingerprint density at radius 1 is 1.07 bits per heavy atom. The maximum Gasteiger partial charge on any atom is 0.416 e. The third kappa shape index (κ3) is 3.74. The van der Waals surface area contributed by atoms with Crippen LogP contribution in [0.3, 0.4) is 0 Å². The number of rotatable bonds is 2. The second-order valence-corrected chi connectivity index (χ2v) is 8.29. The molecule has 4 rings (SSSR count). The van der Waals surface area contributed by atoms with Crippen LogP contribution in [0, 0.1) is 3.57 Å². The van der Waals surface area contributed by atoms with Crippen molar-refractivity contribution in [2.24, 2.45) is 0 Å². The highest BCUT2D eigenvalue weighted by Gasteiger charge is 2.32. The fourth-order valence-electron chi connectivity index (χ4n) is 3.37. The molecule has 0 spiro atoms. The second-order valence-electron chi connectivity index (χ2n) is 6.64. The Hall–Kier alpha value is -1.74. The number of hydrogen-bond donors (Lipinski definition) is 1. The predicted molar refractivity (Wildman–Crippen MR) is 113 cm³/mol. The first kappa shape index (κ1) is 19.6. The molecule has 146 valence electrons. The molecule has 0 saturated heterocycles. The van der Waals surface area contributed by atoms with Crippen LogP contribution in [0.2, 0.25) is 5.02 Å². The minimum atomic E-state index is -4.44. The third-order valence-electron chi connectivity index (χ3n) is 4.75. The smallest absolute Gasteiger partial charge is 0.370 e. The van der Waals surface area contributed by atoms with E-state index in [1.54, 1.807) is 4.68 Å². The lowest BCUT2D eigenvalue weighted by molar-refractivity contribution is -0.137. The van der Waals surface area contributed by atoms with Crippen molar-refractivity contribution in [2.75, 3.05) is 11.9 Å². The van der Waals surface area contributed by atoms with Gasteiger partial charge < -0.3 is 5.32 Å². The van der Waals surface area contributed by atoms with Gasteiger partial charge in [-0.2, -0.15) is 18.3 Å². The van der Waals surface area contributed by atoms with E-state index in [1.807, 2.05) is 24.3 Å². The van der Waals surface area contributed by atoms with Crippen molar-refractivity contribution < 1.29 is 13.2 Å². The molecule has 0 amide bonds. The quantitative estimate of drug-likeness (QED) is 0.390. The second kappa shape index (κ2) is 7.59. The van der Waals surface area contributed by atoms with Crippen LogP contribution in [0.15, 0.2) is 42.5 Å². The molecule has 0 unspecified atom stereocenters. The van der Waals surface area contributed by atoms with E-state index in [-0.39, 0.29) is 5.02 Å². The lowest BCUT2D eigenvalue weighted by Crippen LogP contribution is -2.07. The van der Waals surface area contributed by atoms with Gasteiger partial charge in [-0.25, -0.2) is 4.68 Å². The summed E-state index contributed by atoms with van der Waals surface area (Å²) in [4.78, 5) is 0. The molecule has 0 aliphatic carbocycles. The van der Waals surface area contributed by atoms with E-state index in [2.05, 4.69) is 33.0 Å². The van der Waals surface area contributed by atoms with E-state index >= 15 is 0 Å². The zero-order valence-corrected chi connectivity index (χ0v) is 17.6. The Bertz CT molecular complexity index is 1010. The molecular weight excluding hydrogens is 502 g/mol. The minimum absolute atomic E-state index is 0.257. The molecule has 1 aliphatic rings. The van der Waals surface area contributed by atoms with Crippen molar-refractivity contribution in [1.82, 2.24) is 9.78 Å². The van der Waals surface area contributed by atoms with Gasteiger partial charge in [-0.1, -0.05) is 11.6 Å². The maximum absolute atomic E-state index is 13.2. The van der Waals surface area contributed by atoms with E-state index in [9.17, 15) is 13.2 Å². The summed E-state index contributed by atoms with van der Waals surface area (Å²) in [7, 11) is 0. The van der Waals surface area contributed by atoms with E-state index in [4.69, 9.17) is 11.6 Å². The van der Waals surface area contributed by atoms with Gasteiger partial charge in [-0.3, -0.25) is 0 Å². The van der Waals surface area contributed by atoms with Crippen LogP contribution in [0.1, 0.15) is 24.0 Å². The van der Waals surface area contributed by atoms with Crippen LogP contribution in [0.5, 0.6) is 0 Å². The predicted octanol–water partition coefficient (Wildman–Crippen LogP) is 6.56. The van der Waals surface area contributed by atoms with Gasteiger partial charge in [0.2, 0.25) is 0 Å². The van der Waals surface area contributed by atoms with E-state index in [1.165, 1.54) is 6.07 Å². The summed E-state index contributed by atoms with van der Waals surface area (Å²) >= 11 is 8.53. The normalized spacial score (nSPS) is 14.3. The van der Waals surface area contributed by atoms with Crippen LogP contribution in [0.25, 0.3) is 16.9 Å². The molecule has 28 heavy (non-hydrogen) atoms. The van der Waals surface area contributed by atoms with Crippen molar-refractivity contribution in [3.8, 4) is 16.9 Å². The number of alkyl halides is 3. The number of anilines is 1. The molecule has 1 aliphatic heterocycles. The van der Waals surface area contributed by atoms with Gasteiger partial charge in [0.25, 0.3) is 0 Å². The first-order chi connectivity index (χ1) is 13.3. The third-order valence-corrected chi connectivity index (χ3v) is 5.80. The average molecular weight is 518 g/mol. The van der Waals surface area contributed by atoms with Crippen LogP contribution in [-0.4, -0.2) is 16.3 Å². The monoisotopic (exact) mass is 517 g/mol. The van der Waals surface area contributed by atoms with Crippen molar-refractivity contribution in [1.29, 1.82) is 0 Å². The maximum atomic E-state index is 13.2. The minimum Gasteiger partial charge on any atom is -0.370 e. The fourth-order valence-corrected chi connectivity index (χ4v) is 3.94. The van der Waals surface area contributed by atoms with Crippen LogP contribution in [0.4, 0.5) is 19.0 Å². The summed E-state index contributed by atoms with van der Waals surface area (Å²) in [5.41, 5.74) is 1.82. The molecule has 8 heteroatoms. The number of benzene rings is 2. The average Bonchev–Trinajstić information content (AvgIpc) is 2.83. The molecule has 0 radical (unpaired) electrons. The van der Waals surface area contributed by atoms with E-state index in [0.29, 0.717) is 11.3 Å². The highest BCUT2D eigenvalue weighted by atomic mass is 127. The molecule has 1 N–H and O–H groups in total. The number of fused-ring (bicyclic) bond motifs is 1. The van der Waals surface area contributed by atoms with Crippen molar-refractivity contribution >= 4 is 40.0 Å². The molecular formula is C20H16ClF3IN3. The highest BCUT2D eigenvalue weighted by molar-refractivity contribution is 14.1. The molecule has 0 saturated carbocycles. The topological polar surface area (TPSA) is 29.9 Å². The number of halogens is 5. The first-order valence-electron chi connectivity index (χ1n) is 8.83. The SMILES string of the molecule is FC(F)(F)c1ccc(Cl)c(-c2nn(-c3ccc(I)cc3)c3c2CCCCN3)c1. The zero-order chi connectivity index (χ0) is 19.9. The Morgan fingerprint density at radius 3 is 2.54 bits per heavy atom. The zero-order valence-electron chi connectivity index (χ0n) is 14.7. The molecule has 0 atom stereocenters. The van der Waals surface area contributed by atoms with Gasteiger partial charge in [-0.15, -0.1) is 0 Å². The van der Waals surface area contributed by atoms with Crippen LogP contribution < -0.4 is 5.32 Å². The number of nitrogens with one attached hydrogen (secondary N) is 1. The van der Waals surface area contributed by atoms with Gasteiger partial charge in [0.1, 0.15) is 5.82 Å². The Morgan fingerprint density at radius 2 is 1.82 bits per heavy atom. The van der Waals surface area contributed by atoms with Crippen LogP contribution in [-0.2, 0) is 12.6 Å². The van der Waals surface area contributed by atoms with Crippen molar-refractivity contribution in [3.05, 3.63) is 62.2 Å². The summed E-state index contributed by atoms with van der Waals surface area (Å²) in [6.45, 7) is 0.791. The summed E-state index contributed by atoms with van der Waals surface area (Å²) in [5.74, 6) is 0.821. The summed E-state index contributed by atoms with van der Waals surface area (Å²) < 4.78 is 42.6. The number of nitrogens with zero attached hydrogens (tertiary/aromatic N) is 2. The lowest BCUT2D eigenvalue weighted by atomic mass is 10.0. The van der Waals surface area contributed by atoms with Gasteiger partial charge in [0, 0.05) is 21.2 Å². The molecule has 0 bridgehead atoms. The van der Waals surface area contributed by atoms with Gasteiger partial charge >= 0.3 is 6.18 Å². The van der Waals surface area contributed by atoms with Crippen LogP contribution >= 0.6 is 34.2 Å². The summed E-state index contributed by atoms with van der Waals surface area (Å²) in [5, 5.41) is 8.34. The highest BCUT2D eigenvalue weighted by Crippen LogP contribution is 2.40. The largest absolute Gasteiger partial charge is 0.416 e. The van der Waals surface area contributed by atoms with Crippen molar-refractivity contribution in [3.63, 3.8) is 0 Å². The number of hydrogen-bond acceptors (Lipinski definition) is 2. The molecule has 3 aromatic rings. The van der Waals surface area contributed by atoms with E-state index in [0.717, 1.165) is 58.6 Å². The molecule has 3 nitrogen and oxygen atoms in total. The Labute approximate surface area is 179 Å². The molecule has 2 heterocycles. The summed E-state index contributed by atoms with van der Waals surface area (Å²) in [6, 6.07) is 11.2. The Balaban J connectivity index is 1.92. The number of aromatic nitrogens is 2. The summed E-state index contributed by atoms with van der Waals surface area (Å²) in [6.07, 6.45) is -1.79. The first-order valence-corrected chi connectivity index (χ1v) is 10.3. The van der Waals surface area contributed by atoms with Crippen molar-refractivity contribution in [2.45, 2.75) is 25.4 Å². The molecule has 0 fully saturated rings. The lowest BCUT2D eigenvalue weighted by Gasteiger charge is -2.10. The fraction of sp³-hybridized carbons (Fsp3) is 0.250. The standard InChI is InChI=1S/C20H16ClF3IN3/c21-17-9-4-12(20(22,23)24)11-16(17)18-15-3-1-2-10-26-19(15)28(27-18)14-7-5-13(25)6-8-14/h4-9,11,26H,1-3,10H2. The molecule has 2 aromatic carbocycles. The van der Waals surface area contributed by atoms with Gasteiger partial charge in [0.15, 0.2) is 0 Å². The van der Waals surface area contributed by atoms with Gasteiger partial charge in [0.05, 0.1) is 22.0 Å². The van der Waals surface area contributed by atoms with E-state index < -0.39 is 11.7 Å².